The average molecular weight is 489 g/mol. The van der Waals surface area contributed by atoms with Crippen molar-refractivity contribution >= 4 is 25.0 Å². The fourth-order valence-electron chi connectivity index (χ4n) is 2.55. The average Bonchev–Trinajstić information content (AvgIpc) is 2.51. The molecule has 3 atom stereocenters. The molecule has 0 aromatic rings. The monoisotopic (exact) mass is 488 g/mol. The lowest BCUT2D eigenvalue weighted by Crippen LogP contribution is -2.57. The van der Waals surface area contributed by atoms with Crippen molar-refractivity contribution in [2.24, 2.45) is 0 Å². The SMILES string of the molecule is CC(C)(C)[Si](C)(C)OCC1OC=C[C@@H](O[Si](C)(C)C(C)(C)C)[C@H]1O[Si](C)(C)C(C)(C)C. The van der Waals surface area contributed by atoms with E-state index in [9.17, 15) is 0 Å². The van der Waals surface area contributed by atoms with Crippen molar-refractivity contribution in [3.8, 4) is 0 Å². The van der Waals surface area contributed by atoms with E-state index in [4.69, 9.17) is 18.0 Å². The van der Waals surface area contributed by atoms with Gasteiger partial charge in [-0.15, -0.1) is 0 Å². The predicted octanol–water partition coefficient (Wildman–Crippen LogP) is 7.70. The van der Waals surface area contributed by atoms with Crippen LogP contribution in [-0.4, -0.2) is 49.9 Å². The van der Waals surface area contributed by atoms with Crippen molar-refractivity contribution in [2.45, 2.75) is 135 Å². The molecule has 0 fully saturated rings. The van der Waals surface area contributed by atoms with Gasteiger partial charge >= 0.3 is 0 Å². The van der Waals surface area contributed by atoms with E-state index >= 15 is 0 Å². The van der Waals surface area contributed by atoms with Crippen LogP contribution in [0.4, 0.5) is 0 Å². The number of hydrogen-bond donors (Lipinski definition) is 0. The van der Waals surface area contributed by atoms with Crippen molar-refractivity contribution < 1.29 is 18.0 Å². The zero-order valence-electron chi connectivity index (χ0n) is 23.2. The van der Waals surface area contributed by atoms with Crippen molar-refractivity contribution in [3.05, 3.63) is 12.3 Å². The first-order valence-corrected chi connectivity index (χ1v) is 20.6. The third-order valence-electron chi connectivity index (χ3n) is 8.10. The van der Waals surface area contributed by atoms with Gasteiger partial charge in [0.15, 0.2) is 25.0 Å². The number of rotatable bonds is 7. The molecular weight excluding hydrogens is 437 g/mol. The van der Waals surface area contributed by atoms with Crippen molar-refractivity contribution in [1.82, 2.24) is 0 Å². The molecule has 0 bridgehead atoms. The molecule has 0 saturated carbocycles. The third-order valence-corrected chi connectivity index (χ3v) is 21.5. The molecule has 31 heavy (non-hydrogen) atoms. The van der Waals surface area contributed by atoms with E-state index < -0.39 is 25.0 Å². The maximum Gasteiger partial charge on any atom is 0.193 e. The standard InChI is InChI=1S/C24H52O4Si3/c1-22(2,3)29(10,11)26-18-20-21(28-31(14,15)24(7,8)9)19(16-17-25-20)27-30(12,13)23(4,5)6/h16-17,19-21H,18H2,1-15H3/t19-,20?,21-/m1/s1. The van der Waals surface area contributed by atoms with Gasteiger partial charge in [-0.25, -0.2) is 0 Å². The van der Waals surface area contributed by atoms with Crippen LogP contribution in [0.25, 0.3) is 0 Å². The molecule has 1 unspecified atom stereocenters. The highest BCUT2D eigenvalue weighted by molar-refractivity contribution is 6.75. The van der Waals surface area contributed by atoms with E-state index in [0.29, 0.717) is 6.61 Å². The van der Waals surface area contributed by atoms with E-state index in [2.05, 4.69) is 108 Å². The minimum atomic E-state index is -2.03. The summed E-state index contributed by atoms with van der Waals surface area (Å²) in [5.41, 5.74) is 0. The van der Waals surface area contributed by atoms with Crippen LogP contribution in [0.3, 0.4) is 0 Å². The third kappa shape index (κ3) is 7.27. The second-order valence-corrected chi connectivity index (χ2v) is 28.1. The summed E-state index contributed by atoms with van der Waals surface area (Å²) in [6.07, 6.45) is 3.42. The van der Waals surface area contributed by atoms with Crippen molar-refractivity contribution in [1.29, 1.82) is 0 Å². The molecule has 184 valence electrons. The lowest BCUT2D eigenvalue weighted by molar-refractivity contribution is -0.0680. The first kappa shape index (κ1) is 29.1. The largest absolute Gasteiger partial charge is 0.493 e. The van der Waals surface area contributed by atoms with Crippen LogP contribution in [0.2, 0.25) is 54.4 Å². The lowest BCUT2D eigenvalue weighted by atomic mass is 10.1. The zero-order valence-corrected chi connectivity index (χ0v) is 26.2. The molecule has 0 saturated heterocycles. The molecule has 7 heteroatoms. The number of hydrogen-bond acceptors (Lipinski definition) is 4. The van der Waals surface area contributed by atoms with Gasteiger partial charge in [0.1, 0.15) is 12.2 Å². The Bertz CT molecular complexity index is 622. The van der Waals surface area contributed by atoms with Gasteiger partial charge < -0.3 is 18.0 Å². The highest BCUT2D eigenvalue weighted by Crippen LogP contribution is 2.42. The molecule has 0 radical (unpaired) electrons. The van der Waals surface area contributed by atoms with Gasteiger partial charge in [-0.1, -0.05) is 62.3 Å². The molecule has 0 aromatic heterocycles. The summed E-state index contributed by atoms with van der Waals surface area (Å²) < 4.78 is 26.6. The zero-order chi connectivity index (χ0) is 24.7. The Hall–Kier alpha value is 0.0706. The highest BCUT2D eigenvalue weighted by atomic mass is 28.4. The topological polar surface area (TPSA) is 36.9 Å². The summed E-state index contributed by atoms with van der Waals surface area (Å²) in [5.74, 6) is 0. The fraction of sp³-hybridized carbons (Fsp3) is 0.917. The van der Waals surface area contributed by atoms with Gasteiger partial charge in [0.05, 0.1) is 19.0 Å². The molecular formula is C24H52O4Si3. The smallest absolute Gasteiger partial charge is 0.193 e. The van der Waals surface area contributed by atoms with E-state index in [1.54, 1.807) is 0 Å². The van der Waals surface area contributed by atoms with Gasteiger partial charge in [0, 0.05) is 0 Å². The molecule has 1 aliphatic rings. The van der Waals surface area contributed by atoms with Crippen LogP contribution in [0.5, 0.6) is 0 Å². The van der Waals surface area contributed by atoms with Crippen LogP contribution < -0.4 is 0 Å². The Morgan fingerprint density at radius 1 is 0.677 bits per heavy atom. The fourth-order valence-corrected chi connectivity index (χ4v) is 6.13. The Labute approximate surface area is 196 Å². The van der Waals surface area contributed by atoms with Gasteiger partial charge in [0.2, 0.25) is 0 Å². The summed E-state index contributed by atoms with van der Waals surface area (Å²) in [5, 5.41) is 0.401. The van der Waals surface area contributed by atoms with Crippen LogP contribution in [-0.2, 0) is 18.0 Å². The summed E-state index contributed by atoms with van der Waals surface area (Å²) in [6.45, 7) is 34.8. The molecule has 0 aromatic carbocycles. The van der Waals surface area contributed by atoms with Gasteiger partial charge in [-0.05, 0) is 60.5 Å². The highest BCUT2D eigenvalue weighted by Gasteiger charge is 2.48. The summed E-state index contributed by atoms with van der Waals surface area (Å²) >= 11 is 0. The Balaban J connectivity index is 3.23. The molecule has 0 spiro atoms. The first-order chi connectivity index (χ1) is 13.5. The lowest BCUT2D eigenvalue weighted by Gasteiger charge is -2.47. The normalized spacial score (nSPS) is 24.3. The van der Waals surface area contributed by atoms with Gasteiger partial charge in [-0.3, -0.25) is 0 Å². The van der Waals surface area contributed by atoms with E-state index in [0.717, 1.165) is 0 Å². The van der Waals surface area contributed by atoms with Crippen LogP contribution in [0.1, 0.15) is 62.3 Å². The van der Waals surface area contributed by atoms with E-state index in [-0.39, 0.29) is 33.4 Å². The van der Waals surface area contributed by atoms with Gasteiger partial charge in [-0.2, -0.15) is 0 Å². The molecule has 0 N–H and O–H groups in total. The molecule has 0 aliphatic carbocycles. The van der Waals surface area contributed by atoms with Crippen LogP contribution in [0.15, 0.2) is 12.3 Å². The summed E-state index contributed by atoms with van der Waals surface area (Å²) in [4.78, 5) is 0. The molecule has 1 heterocycles. The Morgan fingerprint density at radius 3 is 1.52 bits per heavy atom. The molecule has 0 amide bonds. The first-order valence-electron chi connectivity index (χ1n) is 11.8. The summed E-state index contributed by atoms with van der Waals surface area (Å²) in [6, 6.07) is 0. The minimum absolute atomic E-state index is 0.112. The summed E-state index contributed by atoms with van der Waals surface area (Å²) in [7, 11) is -5.90. The second kappa shape index (κ2) is 9.37. The van der Waals surface area contributed by atoms with Crippen molar-refractivity contribution in [3.63, 3.8) is 0 Å². The van der Waals surface area contributed by atoms with E-state index in [1.807, 2.05) is 6.26 Å². The minimum Gasteiger partial charge on any atom is -0.493 e. The number of ether oxygens (including phenoxy) is 1. The second-order valence-electron chi connectivity index (χ2n) is 13.8. The molecule has 1 aliphatic heterocycles. The Morgan fingerprint density at radius 2 is 1.10 bits per heavy atom. The van der Waals surface area contributed by atoms with Crippen molar-refractivity contribution in [2.75, 3.05) is 6.61 Å². The maximum absolute atomic E-state index is 6.97. The van der Waals surface area contributed by atoms with Crippen LogP contribution >= 0.6 is 0 Å². The van der Waals surface area contributed by atoms with Gasteiger partial charge in [0.25, 0.3) is 0 Å². The Kier molecular flexibility index (Phi) is 8.80. The predicted molar refractivity (Wildman–Crippen MR) is 141 cm³/mol. The quantitative estimate of drug-likeness (QED) is 0.344. The molecule has 1 rings (SSSR count). The molecule has 4 nitrogen and oxygen atoms in total. The van der Waals surface area contributed by atoms with Crippen LogP contribution in [0, 0.1) is 0 Å². The van der Waals surface area contributed by atoms with E-state index in [1.165, 1.54) is 0 Å². The maximum atomic E-state index is 6.97.